The van der Waals surface area contributed by atoms with Gasteiger partial charge in [0.2, 0.25) is 10.0 Å². The fourth-order valence-electron chi connectivity index (χ4n) is 1.38. The minimum Gasteiger partial charge on any atom is -0.391 e. The van der Waals surface area contributed by atoms with Gasteiger partial charge in [-0.3, -0.25) is 0 Å². The van der Waals surface area contributed by atoms with Crippen molar-refractivity contribution >= 4 is 21.4 Å². The third-order valence-corrected chi connectivity index (χ3v) is 5.99. The molecule has 0 aliphatic carbocycles. The second-order valence-electron chi connectivity index (χ2n) is 4.41. The molecule has 1 rings (SSSR count). The Morgan fingerprint density at radius 2 is 2.00 bits per heavy atom. The summed E-state index contributed by atoms with van der Waals surface area (Å²) < 4.78 is 25.9. The van der Waals surface area contributed by atoms with Crippen LogP contribution in [0, 0.1) is 5.92 Å². The molecular formula is C11H19NO3S2. The van der Waals surface area contributed by atoms with Gasteiger partial charge >= 0.3 is 0 Å². The maximum Gasteiger partial charge on any atom is 0.243 e. The van der Waals surface area contributed by atoms with Crippen LogP contribution in [0.4, 0.5) is 0 Å². The Balaban J connectivity index is 3.02. The highest BCUT2D eigenvalue weighted by Gasteiger charge is 2.27. The third-order valence-electron chi connectivity index (χ3n) is 3.00. The Hall–Kier alpha value is -0.430. The molecule has 1 aromatic rings. The molecule has 0 saturated heterocycles. The van der Waals surface area contributed by atoms with E-state index < -0.39 is 10.0 Å². The van der Waals surface area contributed by atoms with Crippen molar-refractivity contribution in [2.24, 2.45) is 5.92 Å². The maximum absolute atomic E-state index is 12.3. The predicted octanol–water partition coefficient (Wildman–Crippen LogP) is 1.91. The molecule has 98 valence electrons. The zero-order valence-corrected chi connectivity index (χ0v) is 12.2. The molecular weight excluding hydrogens is 258 g/mol. The van der Waals surface area contributed by atoms with Crippen LogP contribution in [-0.4, -0.2) is 30.9 Å². The number of hydrogen-bond donors (Lipinski definition) is 1. The second kappa shape index (κ2) is 5.48. The van der Waals surface area contributed by atoms with Crippen LogP contribution in [0.25, 0.3) is 0 Å². The predicted molar refractivity (Wildman–Crippen MR) is 69.5 cm³/mol. The molecule has 4 nitrogen and oxygen atoms in total. The molecule has 0 aromatic carbocycles. The van der Waals surface area contributed by atoms with Gasteiger partial charge in [-0.1, -0.05) is 13.8 Å². The zero-order chi connectivity index (χ0) is 13.2. The van der Waals surface area contributed by atoms with Crippen LogP contribution in [0.15, 0.2) is 16.3 Å². The lowest BCUT2D eigenvalue weighted by Gasteiger charge is -2.26. The van der Waals surface area contributed by atoms with Crippen LogP contribution in [0.5, 0.6) is 0 Å². The lowest BCUT2D eigenvalue weighted by atomic mass is 10.1. The van der Waals surface area contributed by atoms with Gasteiger partial charge in [-0.15, -0.1) is 11.3 Å². The minimum absolute atomic E-state index is 0.0579. The number of aliphatic hydroxyl groups excluding tert-OH is 1. The smallest absolute Gasteiger partial charge is 0.243 e. The molecule has 0 fully saturated rings. The molecule has 0 spiro atoms. The molecule has 0 bridgehead atoms. The lowest BCUT2D eigenvalue weighted by molar-refractivity contribution is 0.285. The van der Waals surface area contributed by atoms with Gasteiger partial charge in [-0.05, 0) is 18.9 Å². The second-order valence-corrected chi connectivity index (χ2v) is 7.41. The van der Waals surface area contributed by atoms with Gasteiger partial charge < -0.3 is 5.11 Å². The maximum atomic E-state index is 12.3. The Labute approximate surface area is 107 Å². The van der Waals surface area contributed by atoms with E-state index in [4.69, 9.17) is 5.11 Å². The molecule has 0 radical (unpaired) electrons. The number of rotatable bonds is 5. The van der Waals surface area contributed by atoms with Gasteiger partial charge in [-0.2, -0.15) is 4.31 Å². The first kappa shape index (κ1) is 14.6. The van der Waals surface area contributed by atoms with Crippen LogP contribution in [0.2, 0.25) is 0 Å². The molecule has 0 aliphatic rings. The fraction of sp³-hybridized carbons (Fsp3) is 0.636. The van der Waals surface area contributed by atoms with Crippen LogP contribution < -0.4 is 0 Å². The van der Waals surface area contributed by atoms with Gasteiger partial charge in [0.25, 0.3) is 0 Å². The van der Waals surface area contributed by atoms with E-state index in [-0.39, 0.29) is 23.5 Å². The number of nitrogens with zero attached hydrogens (tertiary/aromatic N) is 1. The summed E-state index contributed by atoms with van der Waals surface area (Å²) in [7, 11) is -1.85. The van der Waals surface area contributed by atoms with Crippen molar-refractivity contribution in [2.75, 3.05) is 7.05 Å². The van der Waals surface area contributed by atoms with Gasteiger partial charge in [0, 0.05) is 23.3 Å². The molecule has 17 heavy (non-hydrogen) atoms. The molecule has 0 saturated carbocycles. The summed E-state index contributed by atoms with van der Waals surface area (Å²) in [6, 6.07) is 1.47. The van der Waals surface area contributed by atoms with E-state index in [1.165, 1.54) is 21.7 Å². The van der Waals surface area contributed by atoms with E-state index >= 15 is 0 Å². The number of aliphatic hydroxyl groups is 1. The summed E-state index contributed by atoms with van der Waals surface area (Å²) in [6.07, 6.45) is 0. The number of hydrogen-bond acceptors (Lipinski definition) is 4. The molecule has 1 aromatic heterocycles. The van der Waals surface area contributed by atoms with Crippen molar-refractivity contribution < 1.29 is 13.5 Å². The van der Waals surface area contributed by atoms with E-state index in [1.54, 1.807) is 12.4 Å². The monoisotopic (exact) mass is 277 g/mol. The zero-order valence-electron chi connectivity index (χ0n) is 10.5. The summed E-state index contributed by atoms with van der Waals surface area (Å²) in [5.74, 6) is 0.255. The van der Waals surface area contributed by atoms with Gasteiger partial charge in [0.1, 0.15) is 0 Å². The first-order valence-corrected chi connectivity index (χ1v) is 7.79. The molecule has 1 N–H and O–H groups in total. The first-order chi connectivity index (χ1) is 7.80. The van der Waals surface area contributed by atoms with E-state index in [9.17, 15) is 8.42 Å². The Bertz CT molecular complexity index is 465. The van der Waals surface area contributed by atoms with Crippen LogP contribution in [0.3, 0.4) is 0 Å². The minimum atomic E-state index is -3.44. The molecule has 0 aliphatic heterocycles. The Kier molecular flexibility index (Phi) is 4.71. The van der Waals surface area contributed by atoms with Crippen molar-refractivity contribution in [1.82, 2.24) is 4.31 Å². The van der Waals surface area contributed by atoms with Crippen LogP contribution >= 0.6 is 11.3 Å². The van der Waals surface area contributed by atoms with E-state index in [2.05, 4.69) is 0 Å². The van der Waals surface area contributed by atoms with Crippen molar-refractivity contribution in [1.29, 1.82) is 0 Å². The number of thiophene rings is 1. The average Bonchev–Trinajstić information content (AvgIpc) is 2.75. The van der Waals surface area contributed by atoms with E-state index in [1.807, 2.05) is 20.8 Å². The topological polar surface area (TPSA) is 57.6 Å². The van der Waals surface area contributed by atoms with E-state index in [0.29, 0.717) is 4.88 Å². The number of sulfonamides is 1. The van der Waals surface area contributed by atoms with Crippen LogP contribution in [0.1, 0.15) is 25.6 Å². The highest BCUT2D eigenvalue weighted by Crippen LogP contribution is 2.24. The molecule has 1 unspecified atom stereocenters. The van der Waals surface area contributed by atoms with Crippen LogP contribution in [-0.2, 0) is 16.6 Å². The molecule has 6 heteroatoms. The first-order valence-electron chi connectivity index (χ1n) is 5.47. The summed E-state index contributed by atoms with van der Waals surface area (Å²) in [5.41, 5.74) is 0. The van der Waals surface area contributed by atoms with Gasteiger partial charge in [0.05, 0.1) is 11.5 Å². The van der Waals surface area contributed by atoms with E-state index in [0.717, 1.165) is 0 Å². The van der Waals surface area contributed by atoms with Gasteiger partial charge in [-0.25, -0.2) is 8.42 Å². The SMILES string of the molecule is CC(C)C(C)N(C)S(=O)(=O)c1csc(CO)c1. The average molecular weight is 277 g/mol. The molecule has 1 atom stereocenters. The van der Waals surface area contributed by atoms with Gasteiger partial charge in [0.15, 0.2) is 0 Å². The molecule has 0 amide bonds. The summed E-state index contributed by atoms with van der Waals surface area (Å²) in [5, 5.41) is 10.5. The summed E-state index contributed by atoms with van der Waals surface area (Å²) in [4.78, 5) is 0.927. The quantitative estimate of drug-likeness (QED) is 0.894. The highest BCUT2D eigenvalue weighted by atomic mass is 32.2. The van der Waals surface area contributed by atoms with Crippen molar-refractivity contribution in [3.8, 4) is 0 Å². The standard InChI is InChI=1S/C11H19NO3S2/c1-8(2)9(3)12(4)17(14,15)11-5-10(6-13)16-7-11/h5,7-9,13H,6H2,1-4H3. The normalized spacial score (nSPS) is 14.5. The highest BCUT2D eigenvalue weighted by molar-refractivity contribution is 7.89. The van der Waals surface area contributed by atoms with Crippen molar-refractivity contribution in [2.45, 2.75) is 38.3 Å². The lowest BCUT2D eigenvalue weighted by Crippen LogP contribution is -2.38. The van der Waals surface area contributed by atoms with Crippen molar-refractivity contribution in [3.05, 3.63) is 16.3 Å². The van der Waals surface area contributed by atoms with Crippen molar-refractivity contribution in [3.63, 3.8) is 0 Å². The Morgan fingerprint density at radius 3 is 2.41 bits per heavy atom. The summed E-state index contributed by atoms with van der Waals surface area (Å²) >= 11 is 1.26. The summed E-state index contributed by atoms with van der Waals surface area (Å²) in [6.45, 7) is 5.75. The largest absolute Gasteiger partial charge is 0.391 e. The molecule has 1 heterocycles. The Morgan fingerprint density at radius 1 is 1.41 bits per heavy atom. The third kappa shape index (κ3) is 3.07. The fourth-order valence-corrected chi connectivity index (χ4v) is 4.00.